The Morgan fingerprint density at radius 3 is 2.80 bits per heavy atom. The highest BCUT2D eigenvalue weighted by Crippen LogP contribution is 2.24. The molecular weight excluding hydrogens is 190 g/mol. The van der Waals surface area contributed by atoms with Crippen LogP contribution in [0, 0.1) is 0 Å². The fraction of sp³-hybridized carbons (Fsp3) is 0.800. The topological polar surface area (TPSA) is 60.0 Å². The first kappa shape index (κ1) is 10.6. The number of nitrogens with zero attached hydrogens (tertiary/aromatic N) is 4. The van der Waals surface area contributed by atoms with Gasteiger partial charge in [0.1, 0.15) is 12.2 Å². The molecule has 0 unspecified atom stereocenters. The maximum Gasteiger partial charge on any atom is 0.140 e. The van der Waals surface area contributed by atoms with Gasteiger partial charge >= 0.3 is 0 Å². The minimum atomic E-state index is 0.0490. The second-order valence-corrected chi connectivity index (χ2v) is 4.56. The number of aromatic nitrogens is 3. The predicted molar refractivity (Wildman–Crippen MR) is 58.1 cm³/mol. The maximum absolute atomic E-state index is 6.19. The Balaban J connectivity index is 1.83. The number of rotatable bonds is 4. The molecule has 5 nitrogen and oxygen atoms in total. The minimum absolute atomic E-state index is 0.0490. The zero-order chi connectivity index (χ0) is 10.9. The molecule has 84 valence electrons. The standard InChI is InChI=1S/C10H19N5/c1-3-4-10(11)6-15(7-10)5-9-12-8-13-14(9)2/h8H,3-7,11H2,1-2H3. The predicted octanol–water partition coefficient (Wildman–Crippen LogP) is 0.128. The first-order valence-electron chi connectivity index (χ1n) is 5.47. The minimum Gasteiger partial charge on any atom is -0.323 e. The molecule has 0 spiro atoms. The van der Waals surface area contributed by atoms with Gasteiger partial charge < -0.3 is 5.73 Å². The number of hydrogen-bond donors (Lipinski definition) is 1. The molecule has 0 amide bonds. The van der Waals surface area contributed by atoms with Gasteiger partial charge in [-0.15, -0.1) is 0 Å². The van der Waals surface area contributed by atoms with Crippen LogP contribution in [0.3, 0.4) is 0 Å². The first-order valence-corrected chi connectivity index (χ1v) is 5.47. The summed E-state index contributed by atoms with van der Waals surface area (Å²) in [6, 6.07) is 0. The van der Waals surface area contributed by atoms with Crippen LogP contribution in [0.5, 0.6) is 0 Å². The molecule has 1 aliphatic heterocycles. The molecule has 0 saturated carbocycles. The van der Waals surface area contributed by atoms with Crippen LogP contribution in [0.25, 0.3) is 0 Å². The van der Waals surface area contributed by atoms with Gasteiger partial charge in [0, 0.05) is 25.7 Å². The van der Waals surface area contributed by atoms with Gasteiger partial charge in [-0.3, -0.25) is 9.58 Å². The van der Waals surface area contributed by atoms with Crippen molar-refractivity contribution in [1.29, 1.82) is 0 Å². The zero-order valence-electron chi connectivity index (χ0n) is 9.48. The van der Waals surface area contributed by atoms with Crippen molar-refractivity contribution in [2.75, 3.05) is 13.1 Å². The number of nitrogens with two attached hydrogens (primary N) is 1. The van der Waals surface area contributed by atoms with E-state index in [1.54, 1.807) is 6.33 Å². The second kappa shape index (κ2) is 3.90. The van der Waals surface area contributed by atoms with E-state index in [2.05, 4.69) is 21.9 Å². The molecule has 1 aromatic heterocycles. The molecule has 2 rings (SSSR count). The van der Waals surface area contributed by atoms with E-state index < -0.39 is 0 Å². The summed E-state index contributed by atoms with van der Waals surface area (Å²) in [6.07, 6.45) is 3.87. The monoisotopic (exact) mass is 209 g/mol. The molecule has 0 aromatic carbocycles. The molecule has 0 atom stereocenters. The lowest BCUT2D eigenvalue weighted by Gasteiger charge is -2.47. The van der Waals surface area contributed by atoms with Gasteiger partial charge in [-0.25, -0.2) is 4.98 Å². The summed E-state index contributed by atoms with van der Waals surface area (Å²) in [6.45, 7) is 5.00. The van der Waals surface area contributed by atoms with Crippen LogP contribution in [0.2, 0.25) is 0 Å². The van der Waals surface area contributed by atoms with Crippen molar-refractivity contribution in [3.8, 4) is 0 Å². The summed E-state index contributed by atoms with van der Waals surface area (Å²) in [7, 11) is 1.92. The zero-order valence-corrected chi connectivity index (χ0v) is 9.48. The molecule has 1 fully saturated rings. The highest BCUT2D eigenvalue weighted by atomic mass is 15.3. The summed E-state index contributed by atoms with van der Waals surface area (Å²) in [5.74, 6) is 1.01. The SMILES string of the molecule is CCCC1(N)CN(Cc2ncnn2C)C1. The Morgan fingerprint density at radius 1 is 1.53 bits per heavy atom. The Bertz CT molecular complexity index is 326. The van der Waals surface area contributed by atoms with Crippen LogP contribution < -0.4 is 5.73 Å². The van der Waals surface area contributed by atoms with Crippen LogP contribution >= 0.6 is 0 Å². The molecule has 0 aliphatic carbocycles. The van der Waals surface area contributed by atoms with E-state index >= 15 is 0 Å². The van der Waals surface area contributed by atoms with Gasteiger partial charge in [0.2, 0.25) is 0 Å². The van der Waals surface area contributed by atoms with Crippen molar-refractivity contribution >= 4 is 0 Å². The fourth-order valence-corrected chi connectivity index (χ4v) is 2.28. The summed E-state index contributed by atoms with van der Waals surface area (Å²) in [5.41, 5.74) is 6.24. The average Bonchev–Trinajstić information content (AvgIpc) is 2.50. The molecule has 1 aromatic rings. The highest BCUT2D eigenvalue weighted by Gasteiger charge is 2.38. The molecule has 15 heavy (non-hydrogen) atoms. The van der Waals surface area contributed by atoms with Gasteiger partial charge in [-0.05, 0) is 6.42 Å². The van der Waals surface area contributed by atoms with E-state index in [-0.39, 0.29) is 5.54 Å². The Kier molecular flexibility index (Phi) is 2.75. The second-order valence-electron chi connectivity index (χ2n) is 4.56. The van der Waals surface area contributed by atoms with Crippen LogP contribution in [0.1, 0.15) is 25.6 Å². The molecule has 0 radical (unpaired) electrons. The molecule has 5 heteroatoms. The normalized spacial score (nSPS) is 20.2. The molecule has 1 saturated heterocycles. The van der Waals surface area contributed by atoms with Crippen LogP contribution in [-0.2, 0) is 13.6 Å². The molecule has 2 N–H and O–H groups in total. The summed E-state index contributed by atoms with van der Waals surface area (Å²) < 4.78 is 1.82. The van der Waals surface area contributed by atoms with Crippen molar-refractivity contribution in [3.05, 3.63) is 12.2 Å². The summed E-state index contributed by atoms with van der Waals surface area (Å²) in [4.78, 5) is 6.52. The van der Waals surface area contributed by atoms with E-state index in [0.717, 1.165) is 38.3 Å². The van der Waals surface area contributed by atoms with Gasteiger partial charge in [-0.2, -0.15) is 5.10 Å². The smallest absolute Gasteiger partial charge is 0.140 e. The fourth-order valence-electron chi connectivity index (χ4n) is 2.28. The molecule has 1 aliphatic rings. The Hall–Kier alpha value is -0.940. The lowest BCUT2D eigenvalue weighted by atomic mass is 9.86. The van der Waals surface area contributed by atoms with Crippen LogP contribution in [-0.4, -0.2) is 38.3 Å². The lowest BCUT2D eigenvalue weighted by molar-refractivity contribution is 0.0534. The number of aryl methyl sites for hydroxylation is 1. The van der Waals surface area contributed by atoms with Gasteiger partial charge in [-0.1, -0.05) is 13.3 Å². The van der Waals surface area contributed by atoms with E-state index in [0.29, 0.717) is 0 Å². The third kappa shape index (κ3) is 2.18. The average molecular weight is 209 g/mol. The maximum atomic E-state index is 6.19. The van der Waals surface area contributed by atoms with Crippen LogP contribution in [0.15, 0.2) is 6.33 Å². The quantitative estimate of drug-likeness (QED) is 0.765. The van der Waals surface area contributed by atoms with Crippen molar-refractivity contribution in [1.82, 2.24) is 19.7 Å². The summed E-state index contributed by atoms with van der Waals surface area (Å²) in [5, 5.41) is 4.05. The van der Waals surface area contributed by atoms with E-state index in [1.807, 2.05) is 11.7 Å². The van der Waals surface area contributed by atoms with Crippen molar-refractivity contribution in [2.45, 2.75) is 31.8 Å². The third-order valence-electron chi connectivity index (χ3n) is 3.00. The number of likely N-dealkylation sites (tertiary alicyclic amines) is 1. The van der Waals surface area contributed by atoms with Gasteiger partial charge in [0.25, 0.3) is 0 Å². The first-order chi connectivity index (χ1) is 7.13. The molecular formula is C10H19N5. The van der Waals surface area contributed by atoms with Crippen molar-refractivity contribution in [3.63, 3.8) is 0 Å². The van der Waals surface area contributed by atoms with Gasteiger partial charge in [0.05, 0.1) is 6.54 Å². The van der Waals surface area contributed by atoms with Crippen LogP contribution in [0.4, 0.5) is 0 Å². The largest absolute Gasteiger partial charge is 0.323 e. The van der Waals surface area contributed by atoms with Gasteiger partial charge in [0.15, 0.2) is 0 Å². The van der Waals surface area contributed by atoms with Crippen molar-refractivity contribution < 1.29 is 0 Å². The highest BCUT2D eigenvalue weighted by molar-refractivity contribution is 5.01. The summed E-state index contributed by atoms with van der Waals surface area (Å²) >= 11 is 0. The Labute approximate surface area is 90.3 Å². The third-order valence-corrected chi connectivity index (χ3v) is 3.00. The van der Waals surface area contributed by atoms with E-state index in [9.17, 15) is 0 Å². The van der Waals surface area contributed by atoms with E-state index in [1.165, 1.54) is 0 Å². The van der Waals surface area contributed by atoms with E-state index in [4.69, 9.17) is 5.73 Å². The van der Waals surface area contributed by atoms with Crippen molar-refractivity contribution in [2.24, 2.45) is 12.8 Å². The lowest BCUT2D eigenvalue weighted by Crippen LogP contribution is -2.66. The Morgan fingerprint density at radius 2 is 2.27 bits per heavy atom. The number of hydrogen-bond acceptors (Lipinski definition) is 4. The molecule has 2 heterocycles. The molecule has 0 bridgehead atoms.